The van der Waals surface area contributed by atoms with Crippen molar-refractivity contribution in [2.75, 3.05) is 0 Å². The van der Waals surface area contributed by atoms with Gasteiger partial charge in [-0.05, 0) is 50.4 Å². The second-order valence-corrected chi connectivity index (χ2v) is 6.72. The molecule has 0 spiro atoms. The molecule has 0 aromatic rings. The molecule has 0 saturated heterocycles. The molecule has 2 unspecified atom stereocenters. The van der Waals surface area contributed by atoms with E-state index in [9.17, 15) is 9.90 Å². The Bertz CT molecular complexity index is 385. The molecule has 0 aromatic carbocycles. The van der Waals surface area contributed by atoms with Crippen LogP contribution in [0.3, 0.4) is 0 Å². The number of carbonyl (C=O) groups excluding carboxylic acids is 1. The summed E-state index contributed by atoms with van der Waals surface area (Å²) in [5.74, 6) is 0.820. The lowest BCUT2D eigenvalue weighted by molar-refractivity contribution is -0.217. The quantitative estimate of drug-likeness (QED) is 0.618. The van der Waals surface area contributed by atoms with E-state index >= 15 is 0 Å². The predicted molar refractivity (Wildman–Crippen MR) is 67.9 cm³/mol. The van der Waals surface area contributed by atoms with E-state index in [2.05, 4.69) is 6.58 Å². The zero-order chi connectivity index (χ0) is 13.0. The van der Waals surface area contributed by atoms with Gasteiger partial charge in [0.2, 0.25) is 0 Å². The number of hydrogen-bond donors (Lipinski definition) is 1. The van der Waals surface area contributed by atoms with Gasteiger partial charge in [0.25, 0.3) is 0 Å². The van der Waals surface area contributed by atoms with Crippen LogP contribution in [0.15, 0.2) is 12.2 Å². The molecule has 100 valence electrons. The molecule has 0 radical (unpaired) electrons. The highest BCUT2D eigenvalue weighted by Gasteiger charge is 2.59. The molecule has 4 bridgehead atoms. The van der Waals surface area contributed by atoms with Crippen molar-refractivity contribution in [3.05, 3.63) is 12.2 Å². The molecule has 4 aliphatic carbocycles. The van der Waals surface area contributed by atoms with Gasteiger partial charge in [0.05, 0.1) is 5.60 Å². The number of esters is 1. The maximum absolute atomic E-state index is 12.0. The monoisotopic (exact) mass is 250 g/mol. The van der Waals surface area contributed by atoms with Crippen LogP contribution in [0.1, 0.15) is 51.9 Å². The lowest BCUT2D eigenvalue weighted by Crippen LogP contribution is -2.60. The van der Waals surface area contributed by atoms with Crippen molar-refractivity contribution < 1.29 is 14.6 Å². The molecule has 1 N–H and O–H groups in total. The maximum atomic E-state index is 12.0. The Labute approximate surface area is 108 Å². The van der Waals surface area contributed by atoms with E-state index in [0.29, 0.717) is 30.3 Å². The SMILES string of the molecule is C=C(CC)C(=O)OC12CC3CC(CC(O)(C3)C1)C2. The van der Waals surface area contributed by atoms with E-state index < -0.39 is 11.2 Å². The highest BCUT2D eigenvalue weighted by atomic mass is 16.6. The third-order valence-corrected chi connectivity index (χ3v) is 5.00. The van der Waals surface area contributed by atoms with E-state index in [1.807, 2.05) is 6.92 Å². The largest absolute Gasteiger partial charge is 0.456 e. The summed E-state index contributed by atoms with van der Waals surface area (Å²) in [7, 11) is 0. The number of ether oxygens (including phenoxy) is 1. The first-order valence-electron chi connectivity index (χ1n) is 7.07. The highest BCUT2D eigenvalue weighted by Crippen LogP contribution is 2.58. The van der Waals surface area contributed by atoms with E-state index in [1.54, 1.807) is 0 Å². The van der Waals surface area contributed by atoms with Gasteiger partial charge < -0.3 is 9.84 Å². The summed E-state index contributed by atoms with van der Waals surface area (Å²) in [5, 5.41) is 10.6. The first-order chi connectivity index (χ1) is 8.44. The Morgan fingerprint density at radius 3 is 2.44 bits per heavy atom. The van der Waals surface area contributed by atoms with Crippen molar-refractivity contribution in [1.29, 1.82) is 0 Å². The normalized spacial score (nSPS) is 45.0. The smallest absolute Gasteiger partial charge is 0.333 e. The van der Waals surface area contributed by atoms with Gasteiger partial charge in [0, 0.05) is 12.0 Å². The van der Waals surface area contributed by atoms with Crippen molar-refractivity contribution in [3.63, 3.8) is 0 Å². The van der Waals surface area contributed by atoms with Gasteiger partial charge in [-0.15, -0.1) is 0 Å². The molecular weight excluding hydrogens is 228 g/mol. The topological polar surface area (TPSA) is 46.5 Å². The van der Waals surface area contributed by atoms with Crippen LogP contribution in [0, 0.1) is 11.8 Å². The van der Waals surface area contributed by atoms with Crippen molar-refractivity contribution in [2.45, 2.75) is 63.1 Å². The maximum Gasteiger partial charge on any atom is 0.333 e. The van der Waals surface area contributed by atoms with E-state index in [0.717, 1.165) is 25.7 Å². The zero-order valence-corrected chi connectivity index (χ0v) is 11.1. The van der Waals surface area contributed by atoms with Gasteiger partial charge in [0.15, 0.2) is 0 Å². The zero-order valence-electron chi connectivity index (χ0n) is 11.1. The fourth-order valence-electron chi connectivity index (χ4n) is 4.66. The van der Waals surface area contributed by atoms with Crippen LogP contribution in [0.2, 0.25) is 0 Å². The molecule has 0 heterocycles. The lowest BCUT2D eigenvalue weighted by atomic mass is 9.52. The molecule has 3 heteroatoms. The highest BCUT2D eigenvalue weighted by molar-refractivity contribution is 5.87. The van der Waals surface area contributed by atoms with Gasteiger partial charge in [0.1, 0.15) is 5.60 Å². The van der Waals surface area contributed by atoms with Crippen molar-refractivity contribution in [3.8, 4) is 0 Å². The fraction of sp³-hybridized carbons (Fsp3) is 0.800. The Morgan fingerprint density at radius 1 is 1.33 bits per heavy atom. The Morgan fingerprint density at radius 2 is 1.94 bits per heavy atom. The molecule has 0 aromatic heterocycles. The minimum Gasteiger partial charge on any atom is -0.456 e. The summed E-state index contributed by atoms with van der Waals surface area (Å²) in [6.45, 7) is 5.67. The Hall–Kier alpha value is -0.830. The van der Waals surface area contributed by atoms with E-state index in [1.165, 1.54) is 6.42 Å². The number of hydrogen-bond acceptors (Lipinski definition) is 3. The standard InChI is InChI=1S/C15H22O3/c1-3-10(2)13(16)18-15-7-11-4-12(8-15)6-14(17,5-11)9-15/h11-12,17H,2-9H2,1H3. The molecule has 2 atom stereocenters. The molecule has 4 saturated carbocycles. The average Bonchev–Trinajstić information content (AvgIpc) is 2.23. The summed E-state index contributed by atoms with van der Waals surface area (Å²) in [6, 6.07) is 0. The summed E-state index contributed by atoms with van der Waals surface area (Å²) < 4.78 is 5.77. The van der Waals surface area contributed by atoms with Gasteiger partial charge in [-0.3, -0.25) is 0 Å². The van der Waals surface area contributed by atoms with Crippen molar-refractivity contribution >= 4 is 5.97 Å². The predicted octanol–water partition coefficient (Wildman–Crippen LogP) is 2.58. The van der Waals surface area contributed by atoms with Gasteiger partial charge >= 0.3 is 5.97 Å². The van der Waals surface area contributed by atoms with Crippen LogP contribution in [0.4, 0.5) is 0 Å². The molecule has 0 aliphatic heterocycles. The summed E-state index contributed by atoms with van der Waals surface area (Å²) in [5.41, 5.74) is -0.427. The van der Waals surface area contributed by atoms with Crippen molar-refractivity contribution in [2.24, 2.45) is 11.8 Å². The molecule has 4 rings (SSSR count). The van der Waals surface area contributed by atoms with Crippen LogP contribution < -0.4 is 0 Å². The van der Waals surface area contributed by atoms with Crippen LogP contribution in [0.5, 0.6) is 0 Å². The average molecular weight is 250 g/mol. The summed E-state index contributed by atoms with van der Waals surface area (Å²) in [6.07, 6.45) is 6.15. The van der Waals surface area contributed by atoms with E-state index in [4.69, 9.17) is 4.74 Å². The summed E-state index contributed by atoms with van der Waals surface area (Å²) in [4.78, 5) is 12.0. The van der Waals surface area contributed by atoms with Gasteiger partial charge in [-0.2, -0.15) is 0 Å². The Balaban J connectivity index is 1.79. The minimum atomic E-state index is -0.572. The first-order valence-corrected chi connectivity index (χ1v) is 7.07. The fourth-order valence-corrected chi connectivity index (χ4v) is 4.66. The van der Waals surface area contributed by atoms with Gasteiger partial charge in [-0.1, -0.05) is 13.5 Å². The van der Waals surface area contributed by atoms with Gasteiger partial charge in [-0.25, -0.2) is 4.79 Å². The number of aliphatic hydroxyl groups is 1. The van der Waals surface area contributed by atoms with E-state index in [-0.39, 0.29) is 5.97 Å². The third kappa shape index (κ3) is 1.89. The third-order valence-electron chi connectivity index (χ3n) is 5.00. The van der Waals surface area contributed by atoms with Crippen LogP contribution in [0.25, 0.3) is 0 Å². The lowest BCUT2D eigenvalue weighted by Gasteiger charge is -2.59. The number of carbonyl (C=O) groups is 1. The second-order valence-electron chi connectivity index (χ2n) is 6.72. The molecular formula is C15H22O3. The first kappa shape index (κ1) is 12.2. The van der Waals surface area contributed by atoms with Crippen LogP contribution in [-0.2, 0) is 9.53 Å². The Kier molecular flexibility index (Phi) is 2.60. The molecule has 3 nitrogen and oxygen atoms in total. The molecule has 4 aliphatic rings. The minimum absolute atomic E-state index is 0.261. The van der Waals surface area contributed by atoms with Crippen LogP contribution >= 0.6 is 0 Å². The molecule has 0 amide bonds. The van der Waals surface area contributed by atoms with Crippen LogP contribution in [-0.4, -0.2) is 22.3 Å². The van der Waals surface area contributed by atoms with Crippen molar-refractivity contribution in [1.82, 2.24) is 0 Å². The molecule has 18 heavy (non-hydrogen) atoms. The summed E-state index contributed by atoms with van der Waals surface area (Å²) >= 11 is 0. The number of rotatable bonds is 3. The molecule has 4 fully saturated rings. The second kappa shape index (κ2) is 3.83.